The number of benzene rings is 1. The van der Waals surface area contributed by atoms with Crippen LogP contribution in [0.15, 0.2) is 34.2 Å². The number of ether oxygens (including phenoxy) is 1. The second-order valence-corrected chi connectivity index (χ2v) is 8.68. The van der Waals surface area contributed by atoms with Crippen LogP contribution < -0.4 is 5.56 Å². The molecule has 2 heterocycles. The first kappa shape index (κ1) is 23.6. The van der Waals surface area contributed by atoms with Crippen molar-refractivity contribution in [2.45, 2.75) is 52.4 Å². The van der Waals surface area contributed by atoms with Crippen molar-refractivity contribution in [3.05, 3.63) is 56.6 Å². The number of aryl methyl sites for hydroxylation is 1. The summed E-state index contributed by atoms with van der Waals surface area (Å²) >= 11 is 7.40. The first-order chi connectivity index (χ1) is 14.9. The summed E-state index contributed by atoms with van der Waals surface area (Å²) in [6.07, 6.45) is 0.688. The summed E-state index contributed by atoms with van der Waals surface area (Å²) in [6.45, 7) is 10.5. The second kappa shape index (κ2) is 10.5. The fraction of sp³-hybridized carbons (Fsp3) is 0.435. The maximum atomic E-state index is 13.1. The van der Waals surface area contributed by atoms with Crippen LogP contribution in [0.25, 0.3) is 10.9 Å². The van der Waals surface area contributed by atoms with E-state index in [9.17, 15) is 9.59 Å². The maximum Gasteiger partial charge on any atom is 0.262 e. The Bertz CT molecular complexity index is 1150. The Balaban J connectivity index is 1.90. The van der Waals surface area contributed by atoms with Gasteiger partial charge < -0.3 is 9.30 Å². The summed E-state index contributed by atoms with van der Waals surface area (Å²) in [4.78, 5) is 30.7. The third kappa shape index (κ3) is 5.22. The molecule has 1 aromatic carbocycles. The molecule has 3 aromatic rings. The van der Waals surface area contributed by atoms with E-state index in [0.29, 0.717) is 47.3 Å². The number of Topliss-reactive ketones (excluding diaryl/α,β-unsaturated/α-hetero) is 1. The highest BCUT2D eigenvalue weighted by atomic mass is 35.5. The van der Waals surface area contributed by atoms with Crippen LogP contribution in [0.1, 0.15) is 42.0 Å². The first-order valence-electron chi connectivity index (χ1n) is 10.5. The van der Waals surface area contributed by atoms with Crippen LogP contribution >= 0.6 is 23.4 Å². The molecular formula is C23H28ClN3O3S. The predicted molar refractivity (Wildman–Crippen MR) is 127 cm³/mol. The van der Waals surface area contributed by atoms with E-state index >= 15 is 0 Å². The molecule has 0 N–H and O–H groups in total. The number of ketones is 1. The van der Waals surface area contributed by atoms with Crippen molar-refractivity contribution in [1.29, 1.82) is 0 Å². The lowest BCUT2D eigenvalue weighted by Gasteiger charge is -2.13. The molecule has 0 fully saturated rings. The van der Waals surface area contributed by atoms with Gasteiger partial charge in [-0.1, -0.05) is 23.4 Å². The number of halogens is 1. The quantitative estimate of drug-likeness (QED) is 0.186. The number of aromatic nitrogens is 3. The minimum absolute atomic E-state index is 0.0270. The normalized spacial score (nSPS) is 11.4. The Kier molecular flexibility index (Phi) is 7.97. The average molecular weight is 462 g/mol. The second-order valence-electron chi connectivity index (χ2n) is 7.30. The van der Waals surface area contributed by atoms with E-state index in [2.05, 4.69) is 16.5 Å². The van der Waals surface area contributed by atoms with Crippen molar-refractivity contribution in [1.82, 2.24) is 14.1 Å². The van der Waals surface area contributed by atoms with Gasteiger partial charge in [-0.25, -0.2) is 4.98 Å². The van der Waals surface area contributed by atoms with E-state index in [0.717, 1.165) is 23.5 Å². The SMILES string of the molecule is CCOCCCn1c(SCC(=O)c2cc(C)n(CC)c2C)nc2cc(Cl)ccc2c1=O. The van der Waals surface area contributed by atoms with Crippen LogP contribution in [0, 0.1) is 13.8 Å². The van der Waals surface area contributed by atoms with Gasteiger partial charge in [-0.2, -0.15) is 0 Å². The van der Waals surface area contributed by atoms with Crippen molar-refractivity contribution in [2.24, 2.45) is 0 Å². The average Bonchev–Trinajstić information content (AvgIpc) is 3.03. The lowest BCUT2D eigenvalue weighted by atomic mass is 10.2. The largest absolute Gasteiger partial charge is 0.382 e. The summed E-state index contributed by atoms with van der Waals surface area (Å²) < 4.78 is 9.18. The smallest absolute Gasteiger partial charge is 0.262 e. The van der Waals surface area contributed by atoms with Crippen molar-refractivity contribution >= 4 is 40.0 Å². The van der Waals surface area contributed by atoms with Crippen molar-refractivity contribution in [3.8, 4) is 0 Å². The standard InChI is InChI=1S/C23H28ClN3O3S/c1-5-26-15(3)12-19(16(26)4)21(28)14-31-23-25-20-13-17(24)8-9-18(20)22(29)27(23)10-7-11-30-6-2/h8-9,12-13H,5-7,10-11,14H2,1-4H3. The zero-order valence-electron chi connectivity index (χ0n) is 18.4. The Morgan fingerprint density at radius 3 is 2.65 bits per heavy atom. The molecule has 6 nitrogen and oxygen atoms in total. The number of carbonyl (C=O) groups excluding carboxylic acids is 1. The van der Waals surface area contributed by atoms with Gasteiger partial charge in [0.15, 0.2) is 10.9 Å². The van der Waals surface area contributed by atoms with Gasteiger partial charge in [-0.3, -0.25) is 14.2 Å². The highest BCUT2D eigenvalue weighted by Gasteiger charge is 2.18. The molecule has 31 heavy (non-hydrogen) atoms. The number of thioether (sulfide) groups is 1. The molecule has 0 aliphatic carbocycles. The molecule has 0 saturated carbocycles. The molecular weight excluding hydrogens is 434 g/mol. The fourth-order valence-electron chi connectivity index (χ4n) is 3.73. The Labute approximate surface area is 191 Å². The van der Waals surface area contributed by atoms with E-state index in [-0.39, 0.29) is 17.1 Å². The van der Waals surface area contributed by atoms with Crippen LogP contribution in [0.2, 0.25) is 5.02 Å². The molecule has 3 rings (SSSR count). The van der Waals surface area contributed by atoms with Gasteiger partial charge in [0.05, 0.1) is 16.7 Å². The number of hydrogen-bond acceptors (Lipinski definition) is 5. The monoisotopic (exact) mass is 461 g/mol. The van der Waals surface area contributed by atoms with E-state index in [1.807, 2.05) is 26.8 Å². The third-order valence-electron chi connectivity index (χ3n) is 5.28. The van der Waals surface area contributed by atoms with Gasteiger partial charge in [-0.05, 0) is 58.4 Å². The maximum absolute atomic E-state index is 13.1. The molecule has 0 saturated heterocycles. The van der Waals surface area contributed by atoms with Gasteiger partial charge in [0, 0.05) is 48.3 Å². The highest BCUT2D eigenvalue weighted by Crippen LogP contribution is 2.23. The molecule has 0 bridgehead atoms. The molecule has 0 unspecified atom stereocenters. The Morgan fingerprint density at radius 2 is 1.97 bits per heavy atom. The minimum Gasteiger partial charge on any atom is -0.382 e. The zero-order chi connectivity index (χ0) is 22.5. The molecule has 8 heteroatoms. The summed E-state index contributed by atoms with van der Waals surface area (Å²) in [5, 5.41) is 1.56. The van der Waals surface area contributed by atoms with Crippen LogP contribution in [0.5, 0.6) is 0 Å². The Morgan fingerprint density at radius 1 is 1.19 bits per heavy atom. The van der Waals surface area contributed by atoms with Gasteiger partial charge in [0.25, 0.3) is 5.56 Å². The topological polar surface area (TPSA) is 66.1 Å². The van der Waals surface area contributed by atoms with Crippen LogP contribution in [-0.4, -0.2) is 38.9 Å². The molecule has 0 aliphatic heterocycles. The predicted octanol–water partition coefficient (Wildman–Crippen LogP) is 4.89. The number of fused-ring (bicyclic) bond motifs is 1. The Hall–Kier alpha value is -2.09. The van der Waals surface area contributed by atoms with Crippen molar-refractivity contribution in [3.63, 3.8) is 0 Å². The molecule has 0 spiro atoms. The number of carbonyl (C=O) groups is 1. The number of nitrogens with zero attached hydrogens (tertiary/aromatic N) is 3. The fourth-order valence-corrected chi connectivity index (χ4v) is 4.80. The van der Waals surface area contributed by atoms with Crippen molar-refractivity contribution in [2.75, 3.05) is 19.0 Å². The van der Waals surface area contributed by atoms with E-state index in [4.69, 9.17) is 16.3 Å². The van der Waals surface area contributed by atoms with Crippen LogP contribution in [0.4, 0.5) is 0 Å². The van der Waals surface area contributed by atoms with Gasteiger partial charge in [0.1, 0.15) is 0 Å². The zero-order valence-corrected chi connectivity index (χ0v) is 20.0. The molecule has 0 radical (unpaired) electrons. The van der Waals surface area contributed by atoms with E-state index < -0.39 is 0 Å². The van der Waals surface area contributed by atoms with Gasteiger partial charge in [0.2, 0.25) is 0 Å². The van der Waals surface area contributed by atoms with E-state index in [1.165, 1.54) is 11.8 Å². The lowest BCUT2D eigenvalue weighted by Crippen LogP contribution is -2.24. The first-order valence-corrected chi connectivity index (χ1v) is 11.8. The highest BCUT2D eigenvalue weighted by molar-refractivity contribution is 7.99. The minimum atomic E-state index is -0.128. The van der Waals surface area contributed by atoms with Crippen LogP contribution in [-0.2, 0) is 17.8 Å². The third-order valence-corrected chi connectivity index (χ3v) is 6.49. The van der Waals surface area contributed by atoms with E-state index in [1.54, 1.807) is 22.8 Å². The van der Waals surface area contributed by atoms with Crippen molar-refractivity contribution < 1.29 is 9.53 Å². The summed E-state index contributed by atoms with van der Waals surface area (Å²) in [5.41, 5.74) is 3.17. The molecule has 166 valence electrons. The summed E-state index contributed by atoms with van der Waals surface area (Å²) in [6, 6.07) is 7.01. The lowest BCUT2D eigenvalue weighted by molar-refractivity contribution is 0.102. The summed E-state index contributed by atoms with van der Waals surface area (Å²) in [7, 11) is 0. The van der Waals surface area contributed by atoms with Gasteiger partial charge >= 0.3 is 0 Å². The van der Waals surface area contributed by atoms with Gasteiger partial charge in [-0.15, -0.1) is 0 Å². The summed E-state index contributed by atoms with van der Waals surface area (Å²) in [5.74, 6) is 0.233. The number of hydrogen-bond donors (Lipinski definition) is 0. The number of rotatable bonds is 10. The molecule has 2 aromatic heterocycles. The van der Waals surface area contributed by atoms with Crippen LogP contribution in [0.3, 0.4) is 0 Å². The molecule has 0 aliphatic rings. The molecule has 0 amide bonds. The molecule has 0 atom stereocenters.